The Kier molecular flexibility index (Phi) is 1.80. The summed E-state index contributed by atoms with van der Waals surface area (Å²) in [4.78, 5) is 0. The summed E-state index contributed by atoms with van der Waals surface area (Å²) >= 11 is 4.68. The van der Waals surface area contributed by atoms with Crippen molar-refractivity contribution in [2.24, 2.45) is 0 Å². The summed E-state index contributed by atoms with van der Waals surface area (Å²) in [5.74, 6) is 0. The van der Waals surface area contributed by atoms with E-state index in [2.05, 4.69) is 17.5 Å². The van der Waals surface area contributed by atoms with E-state index in [9.17, 15) is 0 Å². The molecule has 0 radical (unpaired) electrons. The lowest BCUT2D eigenvalue weighted by molar-refractivity contribution is 1.07. The maximum absolute atomic E-state index is 4.68. The van der Waals surface area contributed by atoms with Crippen molar-refractivity contribution in [2.75, 3.05) is 0 Å². The van der Waals surface area contributed by atoms with Crippen LogP contribution in [0.3, 0.4) is 0 Å². The van der Waals surface area contributed by atoms with Crippen LogP contribution in [0.5, 0.6) is 0 Å². The SMILES string of the molecule is S=CC1=CCC=CN1. The quantitative estimate of drug-likeness (QED) is 0.531. The lowest BCUT2D eigenvalue weighted by Gasteiger charge is -2.02. The molecule has 1 nitrogen and oxygen atoms in total. The summed E-state index contributed by atoms with van der Waals surface area (Å²) in [7, 11) is 0. The molecular formula is C6H7NS. The third kappa shape index (κ3) is 1.17. The van der Waals surface area contributed by atoms with Gasteiger partial charge in [-0.15, -0.1) is 0 Å². The van der Waals surface area contributed by atoms with Crippen molar-refractivity contribution < 1.29 is 0 Å². The highest BCUT2D eigenvalue weighted by molar-refractivity contribution is 7.79. The number of hydrogen-bond donors (Lipinski definition) is 1. The van der Waals surface area contributed by atoms with Gasteiger partial charge in [0.15, 0.2) is 0 Å². The summed E-state index contributed by atoms with van der Waals surface area (Å²) in [5.41, 5.74) is 1.03. The fourth-order valence-electron chi connectivity index (χ4n) is 0.559. The van der Waals surface area contributed by atoms with E-state index in [0.717, 1.165) is 12.1 Å². The highest BCUT2D eigenvalue weighted by Crippen LogP contribution is 1.96. The maximum atomic E-state index is 4.68. The first kappa shape index (κ1) is 5.51. The van der Waals surface area contributed by atoms with Crippen LogP contribution in [0.25, 0.3) is 0 Å². The second-order valence-electron chi connectivity index (χ2n) is 1.56. The molecule has 42 valence electrons. The van der Waals surface area contributed by atoms with E-state index in [1.165, 1.54) is 0 Å². The van der Waals surface area contributed by atoms with Gasteiger partial charge < -0.3 is 5.32 Å². The predicted molar refractivity (Wildman–Crippen MR) is 38.6 cm³/mol. The predicted octanol–water partition coefficient (Wildman–Crippen LogP) is 1.38. The van der Waals surface area contributed by atoms with Gasteiger partial charge >= 0.3 is 0 Å². The van der Waals surface area contributed by atoms with Gasteiger partial charge in [0.1, 0.15) is 0 Å². The second-order valence-corrected chi connectivity index (χ2v) is 1.80. The summed E-state index contributed by atoms with van der Waals surface area (Å²) in [6.45, 7) is 0. The van der Waals surface area contributed by atoms with Gasteiger partial charge in [0.2, 0.25) is 0 Å². The minimum atomic E-state index is 0.996. The Hall–Kier alpha value is -0.630. The van der Waals surface area contributed by atoms with Gasteiger partial charge in [-0.25, -0.2) is 0 Å². The van der Waals surface area contributed by atoms with Crippen molar-refractivity contribution >= 4 is 17.6 Å². The van der Waals surface area contributed by atoms with Gasteiger partial charge in [-0.3, -0.25) is 0 Å². The molecule has 1 N–H and O–H groups in total. The fourth-order valence-corrected chi connectivity index (χ4v) is 0.724. The molecule has 1 rings (SSSR count). The molecule has 0 aromatic rings. The second kappa shape index (κ2) is 2.62. The van der Waals surface area contributed by atoms with E-state index < -0.39 is 0 Å². The fraction of sp³-hybridized carbons (Fsp3) is 0.167. The van der Waals surface area contributed by atoms with Crippen LogP contribution in [0.1, 0.15) is 6.42 Å². The molecule has 0 amide bonds. The smallest absolute Gasteiger partial charge is 0.0451 e. The van der Waals surface area contributed by atoms with Crippen LogP contribution >= 0.6 is 12.2 Å². The Balaban J connectivity index is 2.55. The molecule has 1 aliphatic heterocycles. The number of rotatable bonds is 1. The van der Waals surface area contributed by atoms with Gasteiger partial charge in [0, 0.05) is 11.1 Å². The molecule has 0 aliphatic carbocycles. The van der Waals surface area contributed by atoms with Crippen molar-refractivity contribution in [3.63, 3.8) is 0 Å². The average molecular weight is 125 g/mol. The van der Waals surface area contributed by atoms with Gasteiger partial charge in [0.25, 0.3) is 0 Å². The van der Waals surface area contributed by atoms with E-state index >= 15 is 0 Å². The molecule has 0 saturated carbocycles. The number of nitrogens with one attached hydrogen (secondary N) is 1. The molecule has 0 saturated heterocycles. The Morgan fingerprint density at radius 1 is 1.75 bits per heavy atom. The molecule has 0 unspecified atom stereocenters. The molecular weight excluding hydrogens is 118 g/mol. The molecule has 0 bridgehead atoms. The van der Waals surface area contributed by atoms with Crippen LogP contribution in [0.15, 0.2) is 24.0 Å². The molecule has 0 aromatic heterocycles. The highest BCUT2D eigenvalue weighted by Gasteiger charge is 1.88. The molecule has 0 atom stereocenters. The van der Waals surface area contributed by atoms with Gasteiger partial charge in [-0.2, -0.15) is 0 Å². The zero-order valence-electron chi connectivity index (χ0n) is 4.42. The number of dihydropyridines is 1. The van der Waals surface area contributed by atoms with Crippen molar-refractivity contribution in [1.29, 1.82) is 0 Å². The lowest BCUT2D eigenvalue weighted by atomic mass is 10.3. The maximum Gasteiger partial charge on any atom is 0.0451 e. The molecule has 2 heteroatoms. The normalized spacial score (nSPS) is 16.8. The minimum Gasteiger partial charge on any atom is -0.362 e. The first-order valence-corrected chi connectivity index (χ1v) is 2.97. The van der Waals surface area contributed by atoms with E-state index in [1.54, 1.807) is 5.37 Å². The van der Waals surface area contributed by atoms with Gasteiger partial charge in [-0.1, -0.05) is 24.4 Å². The molecule has 0 aromatic carbocycles. The van der Waals surface area contributed by atoms with Crippen LogP contribution in [0, 0.1) is 0 Å². The number of allylic oxidation sites excluding steroid dienone is 3. The zero-order chi connectivity index (χ0) is 5.82. The Bertz CT molecular complexity index is 147. The van der Waals surface area contributed by atoms with Crippen molar-refractivity contribution in [3.8, 4) is 0 Å². The summed E-state index contributed by atoms with van der Waals surface area (Å²) in [5, 5.41) is 4.63. The lowest BCUT2D eigenvalue weighted by Crippen LogP contribution is -2.07. The summed E-state index contributed by atoms with van der Waals surface area (Å²) < 4.78 is 0. The molecule has 1 aliphatic rings. The monoisotopic (exact) mass is 125 g/mol. The highest BCUT2D eigenvalue weighted by atomic mass is 32.1. The Labute approximate surface area is 54.1 Å². The van der Waals surface area contributed by atoms with Crippen LogP contribution in [0.4, 0.5) is 0 Å². The zero-order valence-corrected chi connectivity index (χ0v) is 5.24. The topological polar surface area (TPSA) is 12.0 Å². The van der Waals surface area contributed by atoms with Crippen LogP contribution in [-0.4, -0.2) is 5.37 Å². The van der Waals surface area contributed by atoms with Gasteiger partial charge in [-0.05, 0) is 12.6 Å². The van der Waals surface area contributed by atoms with E-state index in [1.807, 2.05) is 18.4 Å². The summed E-state index contributed by atoms with van der Waals surface area (Å²) in [6.07, 6.45) is 6.99. The average Bonchev–Trinajstić information content (AvgIpc) is 1.90. The Morgan fingerprint density at radius 3 is 3.00 bits per heavy atom. The largest absolute Gasteiger partial charge is 0.362 e. The Morgan fingerprint density at radius 2 is 2.62 bits per heavy atom. The third-order valence-electron chi connectivity index (χ3n) is 0.969. The number of thiocarbonyl (C=S) groups is 1. The van der Waals surface area contributed by atoms with Crippen LogP contribution < -0.4 is 5.32 Å². The minimum absolute atomic E-state index is 0.996. The first-order chi connectivity index (χ1) is 3.93. The standard InChI is InChI=1S/C6H7NS/c8-5-6-3-1-2-4-7-6/h2-5,7H,1H2. The molecule has 8 heavy (non-hydrogen) atoms. The third-order valence-corrected chi connectivity index (χ3v) is 1.22. The first-order valence-electron chi connectivity index (χ1n) is 2.50. The van der Waals surface area contributed by atoms with Crippen LogP contribution in [-0.2, 0) is 0 Å². The van der Waals surface area contributed by atoms with E-state index in [4.69, 9.17) is 0 Å². The molecule has 0 spiro atoms. The van der Waals surface area contributed by atoms with E-state index in [-0.39, 0.29) is 0 Å². The van der Waals surface area contributed by atoms with Gasteiger partial charge in [0.05, 0.1) is 0 Å². The van der Waals surface area contributed by atoms with E-state index in [0.29, 0.717) is 0 Å². The molecule has 0 fully saturated rings. The summed E-state index contributed by atoms with van der Waals surface area (Å²) in [6, 6.07) is 0. The molecule has 1 heterocycles. The van der Waals surface area contributed by atoms with Crippen molar-refractivity contribution in [1.82, 2.24) is 5.32 Å². The van der Waals surface area contributed by atoms with Crippen molar-refractivity contribution in [3.05, 3.63) is 24.0 Å². The number of hydrogen-bond acceptors (Lipinski definition) is 2. The van der Waals surface area contributed by atoms with Crippen LogP contribution in [0.2, 0.25) is 0 Å². The van der Waals surface area contributed by atoms with Crippen molar-refractivity contribution in [2.45, 2.75) is 6.42 Å².